The molecule has 0 aliphatic heterocycles. The van der Waals surface area contributed by atoms with Gasteiger partial charge >= 0.3 is 5.69 Å². The zero-order valence-electron chi connectivity index (χ0n) is 6.92. The van der Waals surface area contributed by atoms with Crippen molar-refractivity contribution in [2.75, 3.05) is 0 Å². The second-order valence-electron chi connectivity index (χ2n) is 2.43. The molecular weight excluding hydrogens is 191 g/mol. The van der Waals surface area contributed by atoms with Crippen LogP contribution in [0.4, 0.5) is 10.1 Å². The monoisotopic (exact) mass is 196 g/mol. The third kappa shape index (κ3) is 2.18. The van der Waals surface area contributed by atoms with E-state index in [-0.39, 0.29) is 6.54 Å². The molecule has 0 aliphatic rings. The summed E-state index contributed by atoms with van der Waals surface area (Å²) >= 11 is 0. The van der Waals surface area contributed by atoms with Crippen LogP contribution in [0.25, 0.3) is 10.4 Å². The Kier molecular flexibility index (Phi) is 2.98. The summed E-state index contributed by atoms with van der Waals surface area (Å²) in [5.41, 5.74) is 7.80. The highest BCUT2D eigenvalue weighted by atomic mass is 19.1. The van der Waals surface area contributed by atoms with E-state index in [1.807, 2.05) is 0 Å². The second kappa shape index (κ2) is 4.20. The van der Waals surface area contributed by atoms with Gasteiger partial charge in [-0.25, -0.2) is 0 Å². The Bertz CT molecular complexity index is 414. The van der Waals surface area contributed by atoms with Crippen molar-refractivity contribution in [3.05, 3.63) is 50.1 Å². The third-order valence-corrected chi connectivity index (χ3v) is 1.53. The summed E-state index contributed by atoms with van der Waals surface area (Å²) in [6.45, 7) is -0.0224. The molecule has 1 aromatic carbocycles. The normalized spacial score (nSPS) is 9.21. The number of benzene rings is 1. The minimum absolute atomic E-state index is 0.0224. The zero-order valence-corrected chi connectivity index (χ0v) is 6.92. The minimum atomic E-state index is -0.930. The van der Waals surface area contributed by atoms with E-state index in [9.17, 15) is 14.5 Å². The molecular formula is C7H5FN4O2. The summed E-state index contributed by atoms with van der Waals surface area (Å²) in [4.78, 5) is 11.9. The first-order valence-corrected chi connectivity index (χ1v) is 3.59. The van der Waals surface area contributed by atoms with Crippen LogP contribution in [0, 0.1) is 15.9 Å². The van der Waals surface area contributed by atoms with E-state index in [1.165, 1.54) is 6.07 Å². The van der Waals surface area contributed by atoms with E-state index >= 15 is 0 Å². The van der Waals surface area contributed by atoms with Gasteiger partial charge in [0, 0.05) is 11.0 Å². The zero-order chi connectivity index (χ0) is 10.6. The summed E-state index contributed by atoms with van der Waals surface area (Å²) < 4.78 is 13.0. The molecule has 0 spiro atoms. The van der Waals surface area contributed by atoms with E-state index < -0.39 is 16.4 Å². The van der Waals surface area contributed by atoms with Crippen LogP contribution in [0.15, 0.2) is 23.3 Å². The SMILES string of the molecule is [N-]=[N+]=NCc1ccc([N+](=O)[O-])c(F)c1. The standard InChI is InChI=1S/C7H5FN4O2/c8-6-3-5(4-10-11-9)1-2-7(6)12(13)14/h1-3H,4H2. The van der Waals surface area contributed by atoms with E-state index in [0.717, 1.165) is 12.1 Å². The highest BCUT2D eigenvalue weighted by Gasteiger charge is 2.12. The molecule has 14 heavy (non-hydrogen) atoms. The molecule has 0 aromatic heterocycles. The van der Waals surface area contributed by atoms with Gasteiger partial charge in [0.2, 0.25) is 5.82 Å². The first-order chi connectivity index (χ1) is 6.65. The second-order valence-corrected chi connectivity index (χ2v) is 2.43. The summed E-state index contributed by atoms with van der Waals surface area (Å²) in [6.07, 6.45) is 0. The molecule has 0 saturated carbocycles. The van der Waals surface area contributed by atoms with Crippen molar-refractivity contribution < 1.29 is 9.31 Å². The third-order valence-electron chi connectivity index (χ3n) is 1.53. The lowest BCUT2D eigenvalue weighted by molar-refractivity contribution is -0.387. The van der Waals surface area contributed by atoms with Crippen LogP contribution in [0.2, 0.25) is 0 Å². The average molecular weight is 196 g/mol. The number of halogens is 1. The van der Waals surface area contributed by atoms with Crippen molar-refractivity contribution in [3.8, 4) is 0 Å². The Balaban J connectivity index is 3.00. The number of nitrogens with zero attached hydrogens (tertiary/aromatic N) is 4. The summed E-state index contributed by atoms with van der Waals surface area (Å²) in [5.74, 6) is -0.930. The van der Waals surface area contributed by atoms with Crippen LogP contribution in [0.1, 0.15) is 5.56 Å². The van der Waals surface area contributed by atoms with Crippen LogP contribution >= 0.6 is 0 Å². The van der Waals surface area contributed by atoms with E-state index in [1.54, 1.807) is 0 Å². The van der Waals surface area contributed by atoms with Gasteiger partial charge in [-0.3, -0.25) is 10.1 Å². The Labute approximate surface area is 77.7 Å². The number of nitro groups is 1. The Morgan fingerprint density at radius 2 is 2.36 bits per heavy atom. The average Bonchev–Trinajstić information content (AvgIpc) is 2.14. The maximum absolute atomic E-state index is 13.0. The van der Waals surface area contributed by atoms with Gasteiger partial charge in [-0.05, 0) is 17.2 Å². The van der Waals surface area contributed by atoms with Crippen LogP contribution in [0.3, 0.4) is 0 Å². The Morgan fingerprint density at radius 3 is 2.86 bits per heavy atom. The molecule has 0 N–H and O–H groups in total. The molecule has 0 heterocycles. The van der Waals surface area contributed by atoms with E-state index in [4.69, 9.17) is 5.53 Å². The molecule has 0 fully saturated rings. The van der Waals surface area contributed by atoms with Crippen LogP contribution in [-0.4, -0.2) is 4.92 Å². The van der Waals surface area contributed by atoms with E-state index in [2.05, 4.69) is 10.0 Å². The smallest absolute Gasteiger partial charge is 0.258 e. The quantitative estimate of drug-likeness (QED) is 0.244. The van der Waals surface area contributed by atoms with Crippen LogP contribution in [0.5, 0.6) is 0 Å². The maximum Gasteiger partial charge on any atom is 0.304 e. The molecule has 7 heteroatoms. The number of hydrogen-bond donors (Lipinski definition) is 0. The van der Waals surface area contributed by atoms with E-state index in [0.29, 0.717) is 5.56 Å². The molecule has 0 radical (unpaired) electrons. The van der Waals surface area contributed by atoms with Crippen molar-refractivity contribution in [2.45, 2.75) is 6.54 Å². The summed E-state index contributed by atoms with van der Waals surface area (Å²) in [5, 5.41) is 13.4. The minimum Gasteiger partial charge on any atom is -0.258 e. The van der Waals surface area contributed by atoms with Gasteiger partial charge in [0.15, 0.2) is 0 Å². The predicted molar refractivity (Wildman–Crippen MR) is 45.9 cm³/mol. The number of nitro benzene ring substituents is 1. The lowest BCUT2D eigenvalue weighted by Crippen LogP contribution is -1.93. The fourth-order valence-corrected chi connectivity index (χ4v) is 0.910. The largest absolute Gasteiger partial charge is 0.304 e. The van der Waals surface area contributed by atoms with Gasteiger partial charge in [0.05, 0.1) is 11.5 Å². The fourth-order valence-electron chi connectivity index (χ4n) is 0.910. The highest BCUT2D eigenvalue weighted by molar-refractivity contribution is 5.34. The van der Waals surface area contributed by atoms with Gasteiger partial charge in [-0.1, -0.05) is 11.2 Å². The van der Waals surface area contributed by atoms with Crippen molar-refractivity contribution in [1.29, 1.82) is 0 Å². The first-order valence-electron chi connectivity index (χ1n) is 3.59. The lowest BCUT2D eigenvalue weighted by Gasteiger charge is -1.96. The maximum atomic E-state index is 13.0. The van der Waals surface area contributed by atoms with Crippen molar-refractivity contribution in [2.24, 2.45) is 5.11 Å². The van der Waals surface area contributed by atoms with Gasteiger partial charge in [-0.15, -0.1) is 0 Å². The molecule has 0 aliphatic carbocycles. The van der Waals surface area contributed by atoms with Crippen LogP contribution in [-0.2, 0) is 6.54 Å². The molecule has 0 saturated heterocycles. The molecule has 1 rings (SSSR count). The number of rotatable bonds is 3. The van der Waals surface area contributed by atoms with Crippen LogP contribution < -0.4 is 0 Å². The molecule has 0 bridgehead atoms. The van der Waals surface area contributed by atoms with Gasteiger partial charge < -0.3 is 0 Å². The Hall–Kier alpha value is -2.14. The fraction of sp³-hybridized carbons (Fsp3) is 0.143. The summed E-state index contributed by atoms with van der Waals surface area (Å²) in [7, 11) is 0. The number of hydrogen-bond acceptors (Lipinski definition) is 3. The first kappa shape index (κ1) is 9.94. The molecule has 6 nitrogen and oxygen atoms in total. The molecule has 72 valence electrons. The predicted octanol–water partition coefficient (Wildman–Crippen LogP) is 2.54. The molecule has 0 unspecified atom stereocenters. The van der Waals surface area contributed by atoms with Gasteiger partial charge in [-0.2, -0.15) is 4.39 Å². The molecule has 0 atom stereocenters. The lowest BCUT2D eigenvalue weighted by atomic mass is 10.2. The van der Waals surface area contributed by atoms with Gasteiger partial charge in [0.1, 0.15) is 0 Å². The topological polar surface area (TPSA) is 91.9 Å². The van der Waals surface area contributed by atoms with Crippen molar-refractivity contribution in [3.63, 3.8) is 0 Å². The number of azide groups is 1. The van der Waals surface area contributed by atoms with Crippen molar-refractivity contribution >= 4 is 5.69 Å². The molecule has 0 amide bonds. The Morgan fingerprint density at radius 1 is 1.64 bits per heavy atom. The molecule has 1 aromatic rings. The van der Waals surface area contributed by atoms with Gasteiger partial charge in [0.25, 0.3) is 0 Å². The summed E-state index contributed by atoms with van der Waals surface area (Å²) in [6, 6.07) is 3.36. The highest BCUT2D eigenvalue weighted by Crippen LogP contribution is 2.18. The van der Waals surface area contributed by atoms with Crippen molar-refractivity contribution in [1.82, 2.24) is 0 Å².